The van der Waals surface area contributed by atoms with Gasteiger partial charge in [-0.2, -0.15) is 0 Å². The first-order chi connectivity index (χ1) is 13.5. The first-order valence-electron chi connectivity index (χ1n) is 9.53. The Morgan fingerprint density at radius 1 is 1.14 bits per heavy atom. The molecular formula is C22H30N2O4S. The summed E-state index contributed by atoms with van der Waals surface area (Å²) in [5.41, 5.74) is 2.57. The number of hydrogen-bond acceptors (Lipinski definition) is 4. The van der Waals surface area contributed by atoms with Crippen molar-refractivity contribution in [1.82, 2.24) is 5.32 Å². The van der Waals surface area contributed by atoms with Crippen molar-refractivity contribution in [3.8, 4) is 5.75 Å². The molecular weight excluding hydrogens is 388 g/mol. The van der Waals surface area contributed by atoms with Crippen molar-refractivity contribution in [3.05, 3.63) is 59.2 Å². The summed E-state index contributed by atoms with van der Waals surface area (Å²) >= 11 is 0. The molecule has 1 amide bonds. The Balaban J connectivity index is 2.34. The zero-order chi connectivity index (χ0) is 21.8. The lowest BCUT2D eigenvalue weighted by atomic mass is 9.96. The van der Waals surface area contributed by atoms with Gasteiger partial charge in [-0.1, -0.05) is 32.0 Å². The average Bonchev–Trinajstić information content (AvgIpc) is 2.66. The van der Waals surface area contributed by atoms with Crippen LogP contribution in [0.1, 0.15) is 47.8 Å². The largest absolute Gasteiger partial charge is 0.497 e. The van der Waals surface area contributed by atoms with Crippen LogP contribution < -0.4 is 14.4 Å². The standard InChI is InChI=1S/C22H30N2O4S/c1-15(2)14-20(17-10-12-18(28-5)13-11-17)23-22(25)19-8-7-9-21(16(19)3)24(4)29(6,26)27/h7-13,15,20H,14H2,1-6H3,(H,23,25)/t20-/m0/s1. The van der Waals surface area contributed by atoms with Gasteiger partial charge in [-0.3, -0.25) is 9.10 Å². The maximum Gasteiger partial charge on any atom is 0.252 e. The van der Waals surface area contributed by atoms with Gasteiger partial charge in [0, 0.05) is 12.6 Å². The van der Waals surface area contributed by atoms with Crippen molar-refractivity contribution < 1.29 is 17.9 Å². The summed E-state index contributed by atoms with van der Waals surface area (Å²) in [6, 6.07) is 12.6. The van der Waals surface area contributed by atoms with E-state index in [4.69, 9.17) is 4.74 Å². The third-order valence-electron chi connectivity index (χ3n) is 4.92. The highest BCUT2D eigenvalue weighted by Gasteiger charge is 2.21. The van der Waals surface area contributed by atoms with Crippen LogP contribution in [-0.2, 0) is 10.0 Å². The molecule has 158 valence electrons. The predicted molar refractivity (Wildman–Crippen MR) is 117 cm³/mol. The SMILES string of the molecule is COc1ccc([C@H](CC(C)C)NC(=O)c2cccc(N(C)S(C)(=O)=O)c2C)cc1. The van der Waals surface area contributed by atoms with Gasteiger partial charge in [0.2, 0.25) is 10.0 Å². The second-order valence-corrected chi connectivity index (χ2v) is 9.62. The summed E-state index contributed by atoms with van der Waals surface area (Å²) in [7, 11) is -0.319. The van der Waals surface area contributed by atoms with Crippen molar-refractivity contribution in [2.24, 2.45) is 5.92 Å². The van der Waals surface area contributed by atoms with Crippen LogP contribution in [-0.4, -0.2) is 34.7 Å². The molecule has 2 aromatic carbocycles. The molecule has 0 aliphatic heterocycles. The molecule has 0 aliphatic rings. The van der Waals surface area contributed by atoms with E-state index in [1.807, 2.05) is 24.3 Å². The van der Waals surface area contributed by atoms with Crippen molar-refractivity contribution in [1.29, 1.82) is 0 Å². The summed E-state index contributed by atoms with van der Waals surface area (Å²) in [5.74, 6) is 0.912. The lowest BCUT2D eigenvalue weighted by molar-refractivity contribution is 0.0931. The van der Waals surface area contributed by atoms with Gasteiger partial charge >= 0.3 is 0 Å². The zero-order valence-electron chi connectivity index (χ0n) is 17.9. The third-order valence-corrected chi connectivity index (χ3v) is 6.11. The Hall–Kier alpha value is -2.54. The van der Waals surface area contributed by atoms with Crippen molar-refractivity contribution in [2.45, 2.75) is 33.2 Å². The molecule has 0 aromatic heterocycles. The van der Waals surface area contributed by atoms with Crippen LogP contribution in [0.25, 0.3) is 0 Å². The number of amides is 1. The summed E-state index contributed by atoms with van der Waals surface area (Å²) in [4.78, 5) is 13.1. The number of ether oxygens (including phenoxy) is 1. The average molecular weight is 419 g/mol. The van der Waals surface area contributed by atoms with Gasteiger partial charge in [-0.15, -0.1) is 0 Å². The fourth-order valence-corrected chi connectivity index (χ4v) is 3.77. The Morgan fingerprint density at radius 3 is 2.28 bits per heavy atom. The van der Waals surface area contributed by atoms with E-state index in [1.165, 1.54) is 11.4 Å². The highest BCUT2D eigenvalue weighted by molar-refractivity contribution is 7.92. The minimum Gasteiger partial charge on any atom is -0.497 e. The number of hydrogen-bond donors (Lipinski definition) is 1. The first-order valence-corrected chi connectivity index (χ1v) is 11.4. The number of nitrogens with zero attached hydrogens (tertiary/aromatic N) is 1. The molecule has 0 unspecified atom stereocenters. The van der Waals surface area contributed by atoms with Crippen LogP contribution in [0.15, 0.2) is 42.5 Å². The van der Waals surface area contributed by atoms with Gasteiger partial charge < -0.3 is 10.1 Å². The number of methoxy groups -OCH3 is 1. The van der Waals surface area contributed by atoms with E-state index in [0.29, 0.717) is 22.7 Å². The fourth-order valence-electron chi connectivity index (χ4n) is 3.21. The topological polar surface area (TPSA) is 75.7 Å². The third kappa shape index (κ3) is 5.73. The van der Waals surface area contributed by atoms with Crippen LogP contribution in [0.4, 0.5) is 5.69 Å². The highest BCUT2D eigenvalue weighted by atomic mass is 32.2. The summed E-state index contributed by atoms with van der Waals surface area (Å²) in [6.45, 7) is 5.97. The maximum atomic E-state index is 13.1. The second kappa shape index (κ2) is 9.31. The predicted octanol–water partition coefficient (Wildman–Crippen LogP) is 3.92. The Morgan fingerprint density at radius 2 is 1.76 bits per heavy atom. The smallest absolute Gasteiger partial charge is 0.252 e. The molecule has 0 bridgehead atoms. The van der Waals surface area contributed by atoms with Crippen LogP contribution in [0.3, 0.4) is 0 Å². The molecule has 0 saturated heterocycles. The number of sulfonamides is 1. The zero-order valence-corrected chi connectivity index (χ0v) is 18.7. The summed E-state index contributed by atoms with van der Waals surface area (Å²) in [6.07, 6.45) is 1.92. The van der Waals surface area contributed by atoms with Gasteiger partial charge in [0.25, 0.3) is 5.91 Å². The highest BCUT2D eigenvalue weighted by Crippen LogP contribution is 2.27. The van der Waals surface area contributed by atoms with Crippen LogP contribution >= 0.6 is 0 Å². The molecule has 0 fully saturated rings. The Bertz CT molecular complexity index is 953. The lowest BCUT2D eigenvalue weighted by Crippen LogP contribution is -2.31. The van der Waals surface area contributed by atoms with Crippen molar-refractivity contribution in [2.75, 3.05) is 24.7 Å². The van der Waals surface area contributed by atoms with E-state index < -0.39 is 10.0 Å². The van der Waals surface area contributed by atoms with Crippen LogP contribution in [0.5, 0.6) is 5.75 Å². The number of benzene rings is 2. The molecule has 1 atom stereocenters. The quantitative estimate of drug-likeness (QED) is 0.705. The molecule has 0 heterocycles. The lowest BCUT2D eigenvalue weighted by Gasteiger charge is -2.24. The van der Waals surface area contributed by atoms with E-state index in [0.717, 1.165) is 24.0 Å². The number of nitrogens with one attached hydrogen (secondary N) is 1. The van der Waals surface area contributed by atoms with Gasteiger partial charge in [0.05, 0.1) is 25.1 Å². The molecule has 0 saturated carbocycles. The van der Waals surface area contributed by atoms with Gasteiger partial charge in [-0.25, -0.2) is 8.42 Å². The van der Waals surface area contributed by atoms with Gasteiger partial charge in [0.15, 0.2) is 0 Å². The van der Waals surface area contributed by atoms with Gasteiger partial charge in [-0.05, 0) is 54.7 Å². The Labute approximate surface area is 173 Å². The molecule has 2 aromatic rings. The van der Waals surface area contributed by atoms with E-state index in [1.54, 1.807) is 32.2 Å². The van der Waals surface area contributed by atoms with Crippen LogP contribution in [0.2, 0.25) is 0 Å². The minimum atomic E-state index is -3.42. The number of carbonyl (C=O) groups is 1. The van der Waals surface area contributed by atoms with E-state index in [9.17, 15) is 13.2 Å². The molecule has 29 heavy (non-hydrogen) atoms. The molecule has 0 spiro atoms. The molecule has 1 N–H and O–H groups in total. The van der Waals surface area contributed by atoms with Crippen molar-refractivity contribution >= 4 is 21.6 Å². The number of carbonyl (C=O) groups excluding carboxylic acids is 1. The van der Waals surface area contributed by atoms with Crippen molar-refractivity contribution in [3.63, 3.8) is 0 Å². The van der Waals surface area contributed by atoms with Gasteiger partial charge in [0.1, 0.15) is 5.75 Å². The fraction of sp³-hybridized carbons (Fsp3) is 0.409. The van der Waals surface area contributed by atoms with E-state index in [-0.39, 0.29) is 11.9 Å². The van der Waals surface area contributed by atoms with Crippen LogP contribution in [0, 0.1) is 12.8 Å². The number of rotatable bonds is 8. The molecule has 7 heteroatoms. The van der Waals surface area contributed by atoms with E-state index in [2.05, 4.69) is 19.2 Å². The summed E-state index contributed by atoms with van der Waals surface area (Å²) in [5, 5.41) is 3.12. The first kappa shape index (κ1) is 22.7. The van der Waals surface area contributed by atoms with E-state index >= 15 is 0 Å². The summed E-state index contributed by atoms with van der Waals surface area (Å²) < 4.78 is 30.2. The maximum absolute atomic E-state index is 13.1. The molecule has 6 nitrogen and oxygen atoms in total. The molecule has 2 rings (SSSR count). The monoisotopic (exact) mass is 418 g/mol. The Kier molecular flexibility index (Phi) is 7.30. The second-order valence-electron chi connectivity index (χ2n) is 7.61. The molecule has 0 radical (unpaired) electrons. The normalized spacial score (nSPS) is 12.5. The number of anilines is 1. The molecule has 0 aliphatic carbocycles. The minimum absolute atomic E-state index is 0.163.